The molecule has 9 nitrogen and oxygen atoms in total. The highest BCUT2D eigenvalue weighted by Gasteiger charge is 2.38. The van der Waals surface area contributed by atoms with Crippen molar-refractivity contribution in [2.75, 3.05) is 40.1 Å². The quantitative estimate of drug-likeness (QED) is 0.389. The van der Waals surface area contributed by atoms with Crippen LogP contribution in [-0.4, -0.2) is 68.1 Å². The number of rotatable bonds is 7. The Kier molecular flexibility index (Phi) is 9.69. The fraction of sp³-hybridized carbons (Fsp3) is 0.310. The topological polar surface area (TPSA) is 109 Å². The molecular weight excluding hydrogens is 543 g/mol. The Morgan fingerprint density at radius 3 is 2.44 bits per heavy atom. The molecule has 1 amide bonds. The third-order valence-electron chi connectivity index (χ3n) is 6.45. The molecule has 41 heavy (non-hydrogen) atoms. The Morgan fingerprint density at radius 1 is 1.00 bits per heavy atom. The number of carboxylic acids is 1. The molecular formula is C29H30F3N3O6. The molecule has 0 spiro atoms. The average Bonchev–Trinajstić information content (AvgIpc) is 3.44. The van der Waals surface area contributed by atoms with Gasteiger partial charge in [-0.2, -0.15) is 13.2 Å². The van der Waals surface area contributed by atoms with Crippen molar-refractivity contribution in [3.05, 3.63) is 77.4 Å². The van der Waals surface area contributed by atoms with Crippen LogP contribution < -0.4 is 24.8 Å². The molecule has 218 valence electrons. The molecule has 0 unspecified atom stereocenters. The van der Waals surface area contributed by atoms with E-state index in [0.29, 0.717) is 23.6 Å². The highest BCUT2D eigenvalue weighted by Crippen LogP contribution is 2.33. The first-order valence-electron chi connectivity index (χ1n) is 12.8. The van der Waals surface area contributed by atoms with Crippen LogP contribution in [0.3, 0.4) is 0 Å². The molecule has 3 aromatic rings. The molecule has 1 fully saturated rings. The largest absolute Gasteiger partial charge is 0.496 e. The molecule has 2 aliphatic rings. The van der Waals surface area contributed by atoms with E-state index in [1.807, 2.05) is 12.1 Å². The van der Waals surface area contributed by atoms with E-state index in [-0.39, 0.29) is 12.7 Å². The Balaban J connectivity index is 0.000000493. The fourth-order valence-corrected chi connectivity index (χ4v) is 4.38. The van der Waals surface area contributed by atoms with Gasteiger partial charge in [0.1, 0.15) is 5.75 Å². The summed E-state index contributed by atoms with van der Waals surface area (Å²) in [6, 6.07) is 19.8. The number of ether oxygens (including phenoxy) is 3. The number of carbonyl (C=O) groups is 2. The molecule has 0 bridgehead atoms. The van der Waals surface area contributed by atoms with Gasteiger partial charge in [0.15, 0.2) is 11.5 Å². The van der Waals surface area contributed by atoms with Crippen LogP contribution in [0.2, 0.25) is 0 Å². The highest BCUT2D eigenvalue weighted by molar-refractivity contribution is 5.95. The van der Waals surface area contributed by atoms with Gasteiger partial charge in [0.05, 0.1) is 7.11 Å². The maximum Gasteiger partial charge on any atom is 0.490 e. The molecule has 0 aliphatic carbocycles. The molecule has 0 saturated carbocycles. The third-order valence-corrected chi connectivity index (χ3v) is 6.45. The maximum absolute atomic E-state index is 12.7. The number of carbonyl (C=O) groups excluding carboxylic acids is 1. The Hall–Kier alpha value is -4.29. The number of alkyl halides is 3. The van der Waals surface area contributed by atoms with Gasteiger partial charge < -0.3 is 30.0 Å². The average molecular weight is 574 g/mol. The van der Waals surface area contributed by atoms with Crippen molar-refractivity contribution in [3.63, 3.8) is 0 Å². The summed E-state index contributed by atoms with van der Waals surface area (Å²) >= 11 is 0. The first kappa shape index (κ1) is 29.7. The summed E-state index contributed by atoms with van der Waals surface area (Å²) in [5.74, 6) is -0.845. The molecule has 2 heterocycles. The summed E-state index contributed by atoms with van der Waals surface area (Å²) in [6.07, 6.45) is -5.08. The standard InChI is InChI=1S/C27H29N3O4.C2HF3O2/c1-32-24-7-5-19(16-29-27(31)22-6-8-25-26(15-22)34-18-33-25)14-23(24)21-4-2-3-20(13-21)17-30-11-9-28-10-12-30;3-2(4,5)1(6)7/h2-8,13-15,28H,9-12,16-18H2,1H3,(H,29,31);(H,6,7). The van der Waals surface area contributed by atoms with Crippen LogP contribution in [0.15, 0.2) is 60.7 Å². The fourth-order valence-electron chi connectivity index (χ4n) is 4.38. The van der Waals surface area contributed by atoms with Crippen molar-refractivity contribution in [1.82, 2.24) is 15.5 Å². The van der Waals surface area contributed by atoms with Crippen molar-refractivity contribution in [3.8, 4) is 28.4 Å². The number of nitrogens with one attached hydrogen (secondary N) is 2. The van der Waals surface area contributed by atoms with E-state index >= 15 is 0 Å². The van der Waals surface area contributed by atoms with Gasteiger partial charge in [-0.3, -0.25) is 9.69 Å². The van der Waals surface area contributed by atoms with Crippen LogP contribution in [0.1, 0.15) is 21.5 Å². The van der Waals surface area contributed by atoms with Gasteiger partial charge in [0, 0.05) is 50.4 Å². The van der Waals surface area contributed by atoms with Gasteiger partial charge in [-0.15, -0.1) is 0 Å². The number of fused-ring (bicyclic) bond motifs is 1. The molecule has 0 aromatic heterocycles. The molecule has 0 radical (unpaired) electrons. The van der Waals surface area contributed by atoms with E-state index in [1.165, 1.54) is 5.56 Å². The van der Waals surface area contributed by atoms with Gasteiger partial charge in [-0.1, -0.05) is 24.3 Å². The number of benzene rings is 3. The van der Waals surface area contributed by atoms with Crippen molar-refractivity contribution < 1.29 is 42.1 Å². The van der Waals surface area contributed by atoms with Crippen LogP contribution in [-0.2, 0) is 17.9 Å². The normalized spacial score (nSPS) is 14.5. The number of piperazine rings is 1. The number of carboxylic acid groups (broad SMARTS) is 1. The minimum atomic E-state index is -5.08. The second-order valence-electron chi connectivity index (χ2n) is 9.31. The first-order valence-corrected chi connectivity index (χ1v) is 12.8. The SMILES string of the molecule is COc1ccc(CNC(=O)c2ccc3c(c2)OCO3)cc1-c1cccc(CN2CCNCC2)c1.O=C(O)C(F)(F)F. The summed E-state index contributed by atoms with van der Waals surface area (Å²) < 4.78 is 48.1. The van der Waals surface area contributed by atoms with Crippen molar-refractivity contribution >= 4 is 11.9 Å². The highest BCUT2D eigenvalue weighted by atomic mass is 19.4. The first-order chi connectivity index (χ1) is 19.6. The molecule has 5 rings (SSSR count). The van der Waals surface area contributed by atoms with Crippen LogP contribution in [0.4, 0.5) is 13.2 Å². The summed E-state index contributed by atoms with van der Waals surface area (Å²) in [5.41, 5.74) is 4.94. The summed E-state index contributed by atoms with van der Waals surface area (Å²) in [6.45, 7) is 5.72. The van der Waals surface area contributed by atoms with Crippen LogP contribution in [0.25, 0.3) is 11.1 Å². The monoisotopic (exact) mass is 573 g/mol. The second kappa shape index (κ2) is 13.4. The predicted octanol–water partition coefficient (Wildman–Crippen LogP) is 4.06. The summed E-state index contributed by atoms with van der Waals surface area (Å²) in [4.78, 5) is 24.1. The van der Waals surface area contributed by atoms with E-state index in [9.17, 15) is 18.0 Å². The third kappa shape index (κ3) is 8.12. The number of nitrogens with zero attached hydrogens (tertiary/aromatic N) is 1. The summed E-state index contributed by atoms with van der Waals surface area (Å²) in [5, 5.41) is 13.5. The lowest BCUT2D eigenvalue weighted by molar-refractivity contribution is -0.192. The Morgan fingerprint density at radius 2 is 1.73 bits per heavy atom. The molecule has 3 aromatic carbocycles. The molecule has 0 atom stereocenters. The lowest BCUT2D eigenvalue weighted by Gasteiger charge is -2.27. The van der Waals surface area contributed by atoms with E-state index < -0.39 is 12.1 Å². The van der Waals surface area contributed by atoms with Gasteiger partial charge in [-0.05, 0) is 53.1 Å². The Bertz CT molecular complexity index is 1380. The smallest absolute Gasteiger partial charge is 0.490 e. The maximum atomic E-state index is 12.7. The van der Waals surface area contributed by atoms with Crippen molar-refractivity contribution in [2.24, 2.45) is 0 Å². The van der Waals surface area contributed by atoms with Gasteiger partial charge >= 0.3 is 12.1 Å². The van der Waals surface area contributed by atoms with Gasteiger partial charge in [0.25, 0.3) is 5.91 Å². The Labute approximate surface area is 234 Å². The molecule has 2 aliphatic heterocycles. The lowest BCUT2D eigenvalue weighted by Crippen LogP contribution is -2.42. The predicted molar refractivity (Wildman–Crippen MR) is 144 cm³/mol. The van der Waals surface area contributed by atoms with Crippen LogP contribution >= 0.6 is 0 Å². The molecule has 12 heteroatoms. The number of hydrogen-bond donors (Lipinski definition) is 3. The van der Waals surface area contributed by atoms with E-state index in [2.05, 4.69) is 45.9 Å². The zero-order chi connectivity index (χ0) is 29.4. The lowest BCUT2D eigenvalue weighted by atomic mass is 9.99. The number of amides is 1. The number of methoxy groups -OCH3 is 1. The van der Waals surface area contributed by atoms with Gasteiger partial charge in [0.2, 0.25) is 6.79 Å². The van der Waals surface area contributed by atoms with E-state index in [0.717, 1.165) is 55.2 Å². The van der Waals surface area contributed by atoms with Gasteiger partial charge in [-0.25, -0.2) is 4.79 Å². The van der Waals surface area contributed by atoms with E-state index in [4.69, 9.17) is 24.1 Å². The van der Waals surface area contributed by atoms with E-state index in [1.54, 1.807) is 25.3 Å². The minimum Gasteiger partial charge on any atom is -0.496 e. The number of halogens is 3. The number of hydrogen-bond acceptors (Lipinski definition) is 7. The molecule has 3 N–H and O–H groups in total. The van der Waals surface area contributed by atoms with Crippen molar-refractivity contribution in [1.29, 1.82) is 0 Å². The summed E-state index contributed by atoms with van der Waals surface area (Å²) in [7, 11) is 1.69. The van der Waals surface area contributed by atoms with Crippen LogP contribution in [0.5, 0.6) is 17.2 Å². The zero-order valence-corrected chi connectivity index (χ0v) is 22.3. The number of aliphatic carboxylic acids is 1. The minimum absolute atomic E-state index is 0.159. The second-order valence-corrected chi connectivity index (χ2v) is 9.31. The molecule has 1 saturated heterocycles. The zero-order valence-electron chi connectivity index (χ0n) is 22.3. The van der Waals surface area contributed by atoms with Crippen molar-refractivity contribution in [2.45, 2.75) is 19.3 Å². The van der Waals surface area contributed by atoms with Crippen LogP contribution in [0, 0.1) is 0 Å².